The maximum absolute atomic E-state index is 12.7. The third-order valence-electron chi connectivity index (χ3n) is 3.32. The largest absolute Gasteiger partial charge is 0.315 e. The summed E-state index contributed by atoms with van der Waals surface area (Å²) < 4.78 is 1.48. The normalized spacial score (nSPS) is 10.6. The lowest BCUT2D eigenvalue weighted by molar-refractivity contribution is 0.103. The molecule has 0 amide bonds. The number of carbonyl (C=O) groups excluding carboxylic acids is 1. The molecule has 1 aromatic heterocycles. The lowest BCUT2D eigenvalue weighted by Crippen LogP contribution is -2.16. The van der Waals surface area contributed by atoms with Crippen molar-refractivity contribution >= 4 is 5.78 Å². The molecule has 3 aromatic rings. The first kappa shape index (κ1) is 14.1. The number of carbonyl (C=O) groups is 1. The molecule has 0 atom stereocenters. The summed E-state index contributed by atoms with van der Waals surface area (Å²) in [6.07, 6.45) is 1.56. The summed E-state index contributed by atoms with van der Waals surface area (Å²) >= 11 is 0. The molecule has 0 aliphatic carbocycles. The van der Waals surface area contributed by atoms with Crippen LogP contribution in [0.5, 0.6) is 0 Å². The molecule has 110 valence electrons. The third kappa shape index (κ3) is 2.65. The molecule has 0 spiro atoms. The van der Waals surface area contributed by atoms with Gasteiger partial charge in [-0.25, -0.2) is 4.68 Å². The van der Waals surface area contributed by atoms with Crippen LogP contribution >= 0.6 is 0 Å². The number of hydrogen-bond acceptors (Lipinski definition) is 5. The molecule has 0 aliphatic heterocycles. The van der Waals surface area contributed by atoms with E-state index in [0.29, 0.717) is 16.8 Å². The summed E-state index contributed by atoms with van der Waals surface area (Å²) in [6, 6.07) is 16.4. The van der Waals surface area contributed by atoms with Crippen molar-refractivity contribution in [3.63, 3.8) is 0 Å². The number of hydroxylamine groups is 1. The monoisotopic (exact) mass is 294 g/mol. The highest BCUT2D eigenvalue weighted by molar-refractivity contribution is 6.12. The molecule has 0 unspecified atom stereocenters. The van der Waals surface area contributed by atoms with Crippen molar-refractivity contribution in [2.75, 3.05) is 0 Å². The second-order valence-electron chi connectivity index (χ2n) is 4.68. The first-order valence-electron chi connectivity index (χ1n) is 6.76. The fourth-order valence-corrected chi connectivity index (χ4v) is 2.30. The third-order valence-corrected chi connectivity index (χ3v) is 3.32. The van der Waals surface area contributed by atoms with Crippen LogP contribution in [-0.4, -0.2) is 26.0 Å². The molecule has 0 saturated heterocycles. The summed E-state index contributed by atoms with van der Waals surface area (Å²) in [6.45, 7) is 0.0865. The van der Waals surface area contributed by atoms with Gasteiger partial charge in [0.1, 0.15) is 6.67 Å². The number of ketones is 1. The van der Waals surface area contributed by atoms with E-state index in [0.717, 1.165) is 5.56 Å². The van der Waals surface area contributed by atoms with Crippen molar-refractivity contribution in [2.24, 2.45) is 0 Å². The predicted octanol–water partition coefficient (Wildman–Crippen LogP) is 2.11. The SMILES string of the molecule is O=C(c1ccccc1)c1ccccc1-c1cnnn1CNO. The number of hydrogen-bond donors (Lipinski definition) is 2. The lowest BCUT2D eigenvalue weighted by Gasteiger charge is -2.10. The van der Waals surface area contributed by atoms with E-state index in [2.05, 4.69) is 10.3 Å². The molecule has 0 aliphatic rings. The van der Waals surface area contributed by atoms with Gasteiger partial charge >= 0.3 is 0 Å². The molecule has 1 heterocycles. The van der Waals surface area contributed by atoms with Crippen molar-refractivity contribution in [1.82, 2.24) is 20.5 Å². The zero-order valence-corrected chi connectivity index (χ0v) is 11.7. The molecule has 6 nitrogen and oxygen atoms in total. The molecular weight excluding hydrogens is 280 g/mol. The van der Waals surface area contributed by atoms with Crippen LogP contribution in [0.15, 0.2) is 60.8 Å². The van der Waals surface area contributed by atoms with Crippen molar-refractivity contribution in [3.8, 4) is 11.3 Å². The Hall–Kier alpha value is -2.83. The van der Waals surface area contributed by atoms with E-state index in [-0.39, 0.29) is 12.5 Å². The molecule has 2 N–H and O–H groups in total. The fourth-order valence-electron chi connectivity index (χ4n) is 2.30. The van der Waals surface area contributed by atoms with Gasteiger partial charge in [-0.05, 0) is 0 Å². The molecular formula is C16H14N4O2. The molecule has 0 fully saturated rings. The second-order valence-corrected chi connectivity index (χ2v) is 4.68. The Bertz CT molecular complexity index is 784. The van der Waals surface area contributed by atoms with Crippen LogP contribution in [-0.2, 0) is 6.67 Å². The summed E-state index contributed by atoms with van der Waals surface area (Å²) in [7, 11) is 0. The highest BCUT2D eigenvalue weighted by atomic mass is 16.5. The Morgan fingerprint density at radius 1 is 1.09 bits per heavy atom. The minimum Gasteiger partial charge on any atom is -0.315 e. The quantitative estimate of drug-likeness (QED) is 0.556. The van der Waals surface area contributed by atoms with Gasteiger partial charge in [0.15, 0.2) is 5.78 Å². The van der Waals surface area contributed by atoms with Crippen LogP contribution < -0.4 is 5.48 Å². The van der Waals surface area contributed by atoms with Gasteiger partial charge in [-0.3, -0.25) is 4.79 Å². The zero-order valence-electron chi connectivity index (χ0n) is 11.7. The van der Waals surface area contributed by atoms with Gasteiger partial charge in [-0.15, -0.1) is 5.10 Å². The van der Waals surface area contributed by atoms with Crippen LogP contribution in [0.3, 0.4) is 0 Å². The number of aromatic nitrogens is 3. The predicted molar refractivity (Wildman–Crippen MR) is 80.3 cm³/mol. The summed E-state index contributed by atoms with van der Waals surface area (Å²) in [4.78, 5) is 12.7. The Morgan fingerprint density at radius 2 is 1.82 bits per heavy atom. The van der Waals surface area contributed by atoms with Crippen LogP contribution in [0.25, 0.3) is 11.3 Å². The number of rotatable bonds is 5. The van der Waals surface area contributed by atoms with Gasteiger partial charge in [-0.1, -0.05) is 59.8 Å². The molecule has 2 aromatic carbocycles. The van der Waals surface area contributed by atoms with Crippen molar-refractivity contribution < 1.29 is 10.0 Å². The molecule has 3 rings (SSSR count). The molecule has 0 bridgehead atoms. The first-order chi connectivity index (χ1) is 10.8. The van der Waals surface area contributed by atoms with Gasteiger partial charge in [0, 0.05) is 16.7 Å². The van der Waals surface area contributed by atoms with Crippen LogP contribution in [0.4, 0.5) is 0 Å². The molecule has 0 saturated carbocycles. The maximum atomic E-state index is 12.7. The van der Waals surface area contributed by atoms with Gasteiger partial charge in [0.25, 0.3) is 0 Å². The van der Waals surface area contributed by atoms with Gasteiger partial charge in [0.05, 0.1) is 11.9 Å². The summed E-state index contributed by atoms with van der Waals surface area (Å²) in [5.41, 5.74) is 4.59. The molecule has 22 heavy (non-hydrogen) atoms. The average molecular weight is 294 g/mol. The van der Waals surface area contributed by atoms with Crippen LogP contribution in [0, 0.1) is 0 Å². The van der Waals surface area contributed by atoms with E-state index in [9.17, 15) is 4.79 Å². The maximum Gasteiger partial charge on any atom is 0.193 e. The Labute approximate surface area is 127 Å². The van der Waals surface area contributed by atoms with E-state index < -0.39 is 0 Å². The van der Waals surface area contributed by atoms with Crippen molar-refractivity contribution in [2.45, 2.75) is 6.67 Å². The molecule has 0 radical (unpaired) electrons. The number of nitrogens with zero attached hydrogens (tertiary/aromatic N) is 3. The van der Waals surface area contributed by atoms with Crippen LogP contribution in [0.1, 0.15) is 15.9 Å². The highest BCUT2D eigenvalue weighted by Gasteiger charge is 2.17. The van der Waals surface area contributed by atoms with E-state index in [1.54, 1.807) is 24.4 Å². The summed E-state index contributed by atoms with van der Waals surface area (Å²) in [5.74, 6) is -0.0686. The van der Waals surface area contributed by atoms with E-state index in [4.69, 9.17) is 5.21 Å². The zero-order chi connectivity index (χ0) is 15.4. The minimum atomic E-state index is -0.0686. The van der Waals surface area contributed by atoms with Crippen molar-refractivity contribution in [1.29, 1.82) is 0 Å². The minimum absolute atomic E-state index is 0.0686. The van der Waals surface area contributed by atoms with Gasteiger partial charge in [0.2, 0.25) is 0 Å². The van der Waals surface area contributed by atoms with E-state index in [1.165, 1.54) is 4.68 Å². The Balaban J connectivity index is 2.07. The molecule has 6 heteroatoms. The smallest absolute Gasteiger partial charge is 0.193 e. The standard InChI is InChI=1S/C16H14N4O2/c21-16(12-6-2-1-3-7-12)14-9-5-4-8-13(14)15-10-17-19-20(15)11-18-22/h1-10,18,22H,11H2. The lowest BCUT2D eigenvalue weighted by atomic mass is 9.97. The first-order valence-corrected chi connectivity index (χ1v) is 6.76. The Morgan fingerprint density at radius 3 is 2.59 bits per heavy atom. The average Bonchev–Trinajstić information content (AvgIpc) is 3.03. The highest BCUT2D eigenvalue weighted by Crippen LogP contribution is 2.24. The number of benzene rings is 2. The van der Waals surface area contributed by atoms with Crippen molar-refractivity contribution in [3.05, 3.63) is 71.9 Å². The number of nitrogens with one attached hydrogen (secondary N) is 1. The van der Waals surface area contributed by atoms with Gasteiger partial charge < -0.3 is 5.21 Å². The Kier molecular flexibility index (Phi) is 4.04. The fraction of sp³-hybridized carbons (Fsp3) is 0.0625. The topological polar surface area (TPSA) is 80.0 Å². The second kappa shape index (κ2) is 6.30. The summed E-state index contributed by atoms with van der Waals surface area (Å²) in [5, 5.41) is 16.6. The van der Waals surface area contributed by atoms with Gasteiger partial charge in [-0.2, -0.15) is 5.48 Å². The van der Waals surface area contributed by atoms with E-state index >= 15 is 0 Å². The van der Waals surface area contributed by atoms with E-state index in [1.807, 2.05) is 41.9 Å². The van der Waals surface area contributed by atoms with Crippen LogP contribution in [0.2, 0.25) is 0 Å².